The maximum atomic E-state index is 4.64. The van der Waals surface area contributed by atoms with E-state index in [2.05, 4.69) is 48.9 Å². The summed E-state index contributed by atoms with van der Waals surface area (Å²) >= 11 is 0. The second-order valence-electron chi connectivity index (χ2n) is 5.71. The Morgan fingerprint density at radius 1 is 0.944 bits per heavy atom. The second kappa shape index (κ2) is 3.77. The van der Waals surface area contributed by atoms with E-state index >= 15 is 0 Å². The standard InChI is InChI=1S/C16H16N2/c1-16(2,3)13-8-12-5-4-11-6-7-17-10-14(11)15(12)18-9-13/h4-10H,1-3H3. The van der Waals surface area contributed by atoms with Gasteiger partial charge in [0.25, 0.3) is 0 Å². The van der Waals surface area contributed by atoms with Gasteiger partial charge in [0.15, 0.2) is 0 Å². The zero-order valence-corrected chi connectivity index (χ0v) is 10.9. The fourth-order valence-electron chi connectivity index (χ4n) is 2.17. The minimum absolute atomic E-state index is 0.130. The second-order valence-corrected chi connectivity index (χ2v) is 5.71. The number of benzene rings is 1. The van der Waals surface area contributed by atoms with Crippen LogP contribution in [0.15, 0.2) is 42.9 Å². The molecule has 0 unspecified atom stereocenters. The highest BCUT2D eigenvalue weighted by Crippen LogP contribution is 2.28. The van der Waals surface area contributed by atoms with Crippen molar-refractivity contribution in [3.8, 4) is 0 Å². The van der Waals surface area contributed by atoms with E-state index in [1.165, 1.54) is 16.3 Å². The molecule has 0 fully saturated rings. The molecule has 90 valence electrons. The summed E-state index contributed by atoms with van der Waals surface area (Å²) in [6, 6.07) is 8.52. The molecule has 0 spiro atoms. The fraction of sp³-hybridized carbons (Fsp3) is 0.250. The SMILES string of the molecule is CC(C)(C)c1cnc2c(ccc3ccncc32)c1. The molecule has 1 aromatic carbocycles. The maximum Gasteiger partial charge on any atom is 0.0796 e. The summed E-state index contributed by atoms with van der Waals surface area (Å²) in [5.74, 6) is 0. The van der Waals surface area contributed by atoms with Gasteiger partial charge in [-0.15, -0.1) is 0 Å². The molecule has 0 aliphatic heterocycles. The zero-order valence-electron chi connectivity index (χ0n) is 10.9. The number of aromatic nitrogens is 2. The van der Waals surface area contributed by atoms with Gasteiger partial charge in [-0.2, -0.15) is 0 Å². The minimum atomic E-state index is 0.130. The quantitative estimate of drug-likeness (QED) is 0.550. The molecule has 0 N–H and O–H groups in total. The Labute approximate surface area is 107 Å². The average Bonchev–Trinajstić information content (AvgIpc) is 2.37. The van der Waals surface area contributed by atoms with Crippen molar-refractivity contribution in [3.63, 3.8) is 0 Å². The molecule has 2 aromatic heterocycles. The van der Waals surface area contributed by atoms with Crippen molar-refractivity contribution in [1.82, 2.24) is 9.97 Å². The Morgan fingerprint density at radius 2 is 1.72 bits per heavy atom. The third-order valence-electron chi connectivity index (χ3n) is 3.34. The van der Waals surface area contributed by atoms with Gasteiger partial charge in [-0.3, -0.25) is 9.97 Å². The van der Waals surface area contributed by atoms with Crippen molar-refractivity contribution >= 4 is 21.7 Å². The van der Waals surface area contributed by atoms with Crippen LogP contribution in [0.3, 0.4) is 0 Å². The van der Waals surface area contributed by atoms with Gasteiger partial charge in [0.05, 0.1) is 5.52 Å². The molecule has 0 amide bonds. The van der Waals surface area contributed by atoms with Crippen molar-refractivity contribution in [2.45, 2.75) is 26.2 Å². The molecule has 0 saturated carbocycles. The van der Waals surface area contributed by atoms with E-state index in [1.807, 2.05) is 24.7 Å². The maximum absolute atomic E-state index is 4.64. The van der Waals surface area contributed by atoms with Gasteiger partial charge in [-0.1, -0.05) is 32.9 Å². The molecular weight excluding hydrogens is 220 g/mol. The number of nitrogens with zero attached hydrogens (tertiary/aromatic N) is 2. The van der Waals surface area contributed by atoms with Crippen LogP contribution >= 0.6 is 0 Å². The molecule has 3 rings (SSSR count). The van der Waals surface area contributed by atoms with Crippen LogP contribution in [0, 0.1) is 0 Å². The van der Waals surface area contributed by atoms with E-state index < -0.39 is 0 Å². The molecule has 2 heterocycles. The van der Waals surface area contributed by atoms with Gasteiger partial charge in [-0.25, -0.2) is 0 Å². The number of fused-ring (bicyclic) bond motifs is 3. The first kappa shape index (κ1) is 11.1. The van der Waals surface area contributed by atoms with Gasteiger partial charge in [-0.05, 0) is 28.5 Å². The topological polar surface area (TPSA) is 25.8 Å². The number of rotatable bonds is 0. The number of hydrogen-bond donors (Lipinski definition) is 0. The zero-order chi connectivity index (χ0) is 12.8. The van der Waals surface area contributed by atoms with Gasteiger partial charge >= 0.3 is 0 Å². The van der Waals surface area contributed by atoms with Crippen LogP contribution < -0.4 is 0 Å². The van der Waals surface area contributed by atoms with Crippen molar-refractivity contribution in [2.24, 2.45) is 0 Å². The van der Waals surface area contributed by atoms with E-state index in [4.69, 9.17) is 0 Å². The molecular formula is C16H16N2. The summed E-state index contributed by atoms with van der Waals surface area (Å²) in [6.45, 7) is 6.62. The van der Waals surface area contributed by atoms with Crippen LogP contribution in [0.1, 0.15) is 26.3 Å². The van der Waals surface area contributed by atoms with Crippen molar-refractivity contribution < 1.29 is 0 Å². The molecule has 0 aliphatic carbocycles. The van der Waals surface area contributed by atoms with Crippen LogP contribution in [0.2, 0.25) is 0 Å². The smallest absolute Gasteiger partial charge is 0.0796 e. The Morgan fingerprint density at radius 3 is 2.50 bits per heavy atom. The molecule has 3 aromatic rings. The van der Waals surface area contributed by atoms with Gasteiger partial charge in [0, 0.05) is 29.4 Å². The monoisotopic (exact) mass is 236 g/mol. The lowest BCUT2D eigenvalue weighted by molar-refractivity contribution is 0.589. The molecule has 0 aliphatic rings. The summed E-state index contributed by atoms with van der Waals surface area (Å²) in [6.07, 6.45) is 5.69. The molecule has 0 saturated heterocycles. The first-order valence-electron chi connectivity index (χ1n) is 6.19. The largest absolute Gasteiger partial charge is 0.264 e. The van der Waals surface area contributed by atoms with Crippen molar-refractivity contribution in [1.29, 1.82) is 0 Å². The lowest BCUT2D eigenvalue weighted by Gasteiger charge is -2.19. The Balaban J connectivity index is 2.35. The van der Waals surface area contributed by atoms with Gasteiger partial charge < -0.3 is 0 Å². The summed E-state index contributed by atoms with van der Waals surface area (Å²) in [4.78, 5) is 8.83. The fourth-order valence-corrected chi connectivity index (χ4v) is 2.17. The number of pyridine rings is 2. The molecule has 18 heavy (non-hydrogen) atoms. The molecule has 0 bridgehead atoms. The first-order chi connectivity index (χ1) is 8.55. The highest BCUT2D eigenvalue weighted by molar-refractivity contribution is 6.04. The molecule has 0 atom stereocenters. The Hall–Kier alpha value is -1.96. The van der Waals surface area contributed by atoms with Gasteiger partial charge in [0.2, 0.25) is 0 Å². The first-order valence-corrected chi connectivity index (χ1v) is 6.19. The summed E-state index contributed by atoms with van der Waals surface area (Å²) < 4.78 is 0. The molecule has 0 radical (unpaired) electrons. The van der Waals surface area contributed by atoms with Crippen molar-refractivity contribution in [3.05, 3.63) is 48.4 Å². The lowest BCUT2D eigenvalue weighted by Crippen LogP contribution is -2.11. The Bertz CT molecular complexity index is 724. The van der Waals surface area contributed by atoms with Crippen LogP contribution in [-0.4, -0.2) is 9.97 Å². The van der Waals surface area contributed by atoms with E-state index in [9.17, 15) is 0 Å². The normalized spacial score (nSPS) is 12.2. The van der Waals surface area contributed by atoms with Gasteiger partial charge in [0.1, 0.15) is 0 Å². The van der Waals surface area contributed by atoms with E-state index in [1.54, 1.807) is 0 Å². The highest BCUT2D eigenvalue weighted by atomic mass is 14.7. The van der Waals surface area contributed by atoms with Crippen molar-refractivity contribution in [2.75, 3.05) is 0 Å². The predicted molar refractivity (Wildman–Crippen MR) is 75.7 cm³/mol. The summed E-state index contributed by atoms with van der Waals surface area (Å²) in [7, 11) is 0. The molecule has 2 heteroatoms. The number of hydrogen-bond acceptors (Lipinski definition) is 2. The van der Waals surface area contributed by atoms with Crippen LogP contribution in [0.4, 0.5) is 0 Å². The summed E-state index contributed by atoms with van der Waals surface area (Å²) in [5.41, 5.74) is 2.43. The van der Waals surface area contributed by atoms with E-state index in [-0.39, 0.29) is 5.41 Å². The third kappa shape index (κ3) is 1.74. The van der Waals surface area contributed by atoms with Crippen LogP contribution in [0.25, 0.3) is 21.7 Å². The van der Waals surface area contributed by atoms with E-state index in [0.29, 0.717) is 0 Å². The average molecular weight is 236 g/mol. The highest BCUT2D eigenvalue weighted by Gasteiger charge is 2.14. The Kier molecular flexibility index (Phi) is 2.34. The minimum Gasteiger partial charge on any atom is -0.264 e. The summed E-state index contributed by atoms with van der Waals surface area (Å²) in [5, 5.41) is 3.49. The third-order valence-corrected chi connectivity index (χ3v) is 3.34. The lowest BCUT2D eigenvalue weighted by atomic mass is 9.87. The predicted octanol–water partition coefficient (Wildman–Crippen LogP) is 4.08. The van der Waals surface area contributed by atoms with Crippen LogP contribution in [0.5, 0.6) is 0 Å². The molecule has 2 nitrogen and oxygen atoms in total. The van der Waals surface area contributed by atoms with E-state index in [0.717, 1.165) is 10.9 Å². The van der Waals surface area contributed by atoms with Crippen LogP contribution in [-0.2, 0) is 5.41 Å².